The third-order valence-electron chi connectivity index (χ3n) is 3.58. The Labute approximate surface area is 133 Å². The molecule has 0 aromatic heterocycles. The molecule has 1 aromatic carbocycles. The first-order chi connectivity index (χ1) is 8.69. The van der Waals surface area contributed by atoms with Gasteiger partial charge < -0.3 is 11.1 Å². The molecule has 0 saturated heterocycles. The molecule has 1 aliphatic carbocycles. The second-order valence-corrected chi connectivity index (χ2v) is 5.23. The third-order valence-corrected chi connectivity index (χ3v) is 3.58. The summed E-state index contributed by atoms with van der Waals surface area (Å²) in [5.41, 5.74) is 8.23. The molecule has 0 spiro atoms. The maximum atomic E-state index is 5.84. The van der Waals surface area contributed by atoms with Crippen molar-refractivity contribution in [2.75, 3.05) is 11.9 Å². The van der Waals surface area contributed by atoms with Gasteiger partial charge in [0.25, 0.3) is 0 Å². The molecule has 1 unspecified atom stereocenters. The van der Waals surface area contributed by atoms with Crippen molar-refractivity contribution in [3.05, 3.63) is 29.8 Å². The molecule has 1 fully saturated rings. The lowest BCUT2D eigenvalue weighted by Gasteiger charge is -2.10. The van der Waals surface area contributed by atoms with E-state index < -0.39 is 0 Å². The van der Waals surface area contributed by atoms with Gasteiger partial charge in [0.2, 0.25) is 0 Å². The van der Waals surface area contributed by atoms with Gasteiger partial charge in [0.1, 0.15) is 0 Å². The Bertz CT molecular complexity index is 410. The summed E-state index contributed by atoms with van der Waals surface area (Å²) in [5.74, 6) is 1.91. The van der Waals surface area contributed by atoms with Crippen LogP contribution >= 0.6 is 24.0 Å². The summed E-state index contributed by atoms with van der Waals surface area (Å²) in [6.07, 6.45) is 3.78. The summed E-state index contributed by atoms with van der Waals surface area (Å²) in [4.78, 5) is 4.34. The highest BCUT2D eigenvalue weighted by Crippen LogP contribution is 2.28. The van der Waals surface area contributed by atoms with Gasteiger partial charge in [-0.25, -0.2) is 0 Å². The SMILES string of the molecule is CCC(C)c1ccc(NC(N)=NCC2CC2)cc1.I. The van der Waals surface area contributed by atoms with Crippen LogP contribution in [0.3, 0.4) is 0 Å². The normalized spacial score (nSPS) is 16.6. The molecule has 3 nitrogen and oxygen atoms in total. The summed E-state index contributed by atoms with van der Waals surface area (Å²) in [6, 6.07) is 8.46. The van der Waals surface area contributed by atoms with Crippen molar-refractivity contribution >= 4 is 35.6 Å². The maximum Gasteiger partial charge on any atom is 0.193 e. The van der Waals surface area contributed by atoms with E-state index in [4.69, 9.17) is 5.73 Å². The van der Waals surface area contributed by atoms with E-state index in [1.165, 1.54) is 18.4 Å². The van der Waals surface area contributed by atoms with Gasteiger partial charge in [-0.05, 0) is 48.8 Å². The van der Waals surface area contributed by atoms with Crippen LogP contribution in [0.1, 0.15) is 44.6 Å². The molecule has 4 heteroatoms. The van der Waals surface area contributed by atoms with Crippen molar-refractivity contribution in [3.63, 3.8) is 0 Å². The minimum atomic E-state index is 0. The fourth-order valence-corrected chi connectivity index (χ4v) is 1.85. The lowest BCUT2D eigenvalue weighted by Crippen LogP contribution is -2.23. The van der Waals surface area contributed by atoms with E-state index in [1.54, 1.807) is 0 Å². The minimum absolute atomic E-state index is 0. The zero-order valence-electron chi connectivity index (χ0n) is 11.7. The van der Waals surface area contributed by atoms with Crippen LogP contribution in [-0.2, 0) is 0 Å². The molecule has 1 atom stereocenters. The van der Waals surface area contributed by atoms with Crippen LogP contribution in [0.25, 0.3) is 0 Å². The number of benzene rings is 1. The van der Waals surface area contributed by atoms with Gasteiger partial charge in [0.15, 0.2) is 5.96 Å². The maximum absolute atomic E-state index is 5.84. The highest BCUT2D eigenvalue weighted by atomic mass is 127. The summed E-state index contributed by atoms with van der Waals surface area (Å²) in [5, 5.41) is 3.14. The first-order valence-electron chi connectivity index (χ1n) is 6.86. The van der Waals surface area contributed by atoms with Gasteiger partial charge in [-0.3, -0.25) is 4.99 Å². The van der Waals surface area contributed by atoms with Crippen LogP contribution in [0.5, 0.6) is 0 Å². The van der Waals surface area contributed by atoms with Gasteiger partial charge in [0, 0.05) is 12.2 Å². The van der Waals surface area contributed by atoms with Crippen LogP contribution in [0, 0.1) is 5.92 Å². The predicted molar refractivity (Wildman–Crippen MR) is 93.4 cm³/mol. The number of halogens is 1. The van der Waals surface area contributed by atoms with E-state index in [0.29, 0.717) is 11.9 Å². The lowest BCUT2D eigenvalue weighted by atomic mass is 9.99. The molecule has 0 amide bonds. The predicted octanol–water partition coefficient (Wildman–Crippen LogP) is 3.95. The largest absolute Gasteiger partial charge is 0.370 e. The van der Waals surface area contributed by atoms with Gasteiger partial charge >= 0.3 is 0 Å². The number of anilines is 1. The summed E-state index contributed by atoms with van der Waals surface area (Å²) >= 11 is 0. The number of hydrogen-bond acceptors (Lipinski definition) is 1. The summed E-state index contributed by atoms with van der Waals surface area (Å²) < 4.78 is 0. The van der Waals surface area contributed by atoms with Gasteiger partial charge in [-0.15, -0.1) is 24.0 Å². The van der Waals surface area contributed by atoms with Crippen molar-refractivity contribution in [2.24, 2.45) is 16.6 Å². The van der Waals surface area contributed by atoms with E-state index in [1.807, 2.05) is 0 Å². The van der Waals surface area contributed by atoms with Crippen LogP contribution in [0.2, 0.25) is 0 Å². The molecule has 2 rings (SSSR count). The summed E-state index contributed by atoms with van der Waals surface area (Å²) in [6.45, 7) is 5.32. The minimum Gasteiger partial charge on any atom is -0.370 e. The average Bonchev–Trinajstić information content (AvgIpc) is 3.20. The van der Waals surface area contributed by atoms with Crippen molar-refractivity contribution in [1.29, 1.82) is 0 Å². The first kappa shape index (κ1) is 16.3. The molecule has 0 heterocycles. The van der Waals surface area contributed by atoms with E-state index in [0.717, 1.165) is 24.6 Å². The Morgan fingerprint density at radius 3 is 2.53 bits per heavy atom. The van der Waals surface area contributed by atoms with Crippen molar-refractivity contribution in [3.8, 4) is 0 Å². The fraction of sp³-hybridized carbons (Fsp3) is 0.533. The molecule has 1 aliphatic rings. The summed E-state index contributed by atoms with van der Waals surface area (Å²) in [7, 11) is 0. The van der Waals surface area contributed by atoms with E-state index >= 15 is 0 Å². The highest BCUT2D eigenvalue weighted by Gasteiger charge is 2.20. The molecule has 0 radical (unpaired) electrons. The topological polar surface area (TPSA) is 50.4 Å². The first-order valence-corrected chi connectivity index (χ1v) is 6.86. The zero-order valence-corrected chi connectivity index (χ0v) is 14.1. The van der Waals surface area contributed by atoms with E-state index in [9.17, 15) is 0 Å². The Morgan fingerprint density at radius 2 is 2.00 bits per heavy atom. The van der Waals surface area contributed by atoms with Crippen molar-refractivity contribution in [2.45, 2.75) is 39.0 Å². The van der Waals surface area contributed by atoms with Crippen LogP contribution < -0.4 is 11.1 Å². The van der Waals surface area contributed by atoms with Crippen LogP contribution in [0.15, 0.2) is 29.3 Å². The molecule has 19 heavy (non-hydrogen) atoms. The van der Waals surface area contributed by atoms with Crippen LogP contribution in [-0.4, -0.2) is 12.5 Å². The van der Waals surface area contributed by atoms with E-state index in [-0.39, 0.29) is 24.0 Å². The van der Waals surface area contributed by atoms with Crippen LogP contribution in [0.4, 0.5) is 5.69 Å². The molecular formula is C15H24IN3. The molecule has 3 N–H and O–H groups in total. The molecule has 0 aliphatic heterocycles. The number of nitrogens with one attached hydrogen (secondary N) is 1. The third kappa shape index (κ3) is 5.38. The standard InChI is InChI=1S/C15H23N3.HI/c1-3-11(2)13-6-8-14(9-7-13)18-15(16)17-10-12-4-5-12;/h6-9,11-12H,3-5,10H2,1-2H3,(H3,16,17,18);1H. The van der Waals surface area contributed by atoms with Gasteiger partial charge in [-0.2, -0.15) is 0 Å². The highest BCUT2D eigenvalue weighted by molar-refractivity contribution is 14.0. The van der Waals surface area contributed by atoms with Gasteiger partial charge in [-0.1, -0.05) is 26.0 Å². The number of rotatable bonds is 5. The zero-order chi connectivity index (χ0) is 13.0. The molecule has 0 bridgehead atoms. The lowest BCUT2D eigenvalue weighted by molar-refractivity contribution is 0.734. The van der Waals surface area contributed by atoms with E-state index in [2.05, 4.69) is 48.4 Å². The average molecular weight is 373 g/mol. The Morgan fingerprint density at radius 1 is 1.37 bits per heavy atom. The Balaban J connectivity index is 0.00000180. The number of aliphatic imine (C=N–C) groups is 1. The fourth-order valence-electron chi connectivity index (χ4n) is 1.85. The van der Waals surface area contributed by atoms with Crippen molar-refractivity contribution < 1.29 is 0 Å². The number of nitrogens with zero attached hydrogens (tertiary/aromatic N) is 1. The molecule has 1 aromatic rings. The Hall–Kier alpha value is -0.780. The van der Waals surface area contributed by atoms with Gasteiger partial charge in [0.05, 0.1) is 0 Å². The smallest absolute Gasteiger partial charge is 0.193 e. The van der Waals surface area contributed by atoms with Crippen molar-refractivity contribution in [1.82, 2.24) is 0 Å². The quantitative estimate of drug-likeness (QED) is 0.466. The molecule has 106 valence electrons. The number of hydrogen-bond donors (Lipinski definition) is 2. The molecular weight excluding hydrogens is 349 g/mol. The second kappa shape index (κ2) is 7.72. The second-order valence-electron chi connectivity index (χ2n) is 5.23. The number of nitrogens with two attached hydrogens (primary N) is 1. The monoisotopic (exact) mass is 373 g/mol. The Kier molecular flexibility index (Phi) is 6.62. The number of guanidine groups is 1. The molecule has 1 saturated carbocycles.